The molecule has 1 aliphatic heterocycles. The van der Waals surface area contributed by atoms with E-state index in [0.717, 1.165) is 34.7 Å². The molecule has 5 heteroatoms. The lowest BCUT2D eigenvalue weighted by atomic mass is 10.1. The van der Waals surface area contributed by atoms with E-state index in [0.29, 0.717) is 26.1 Å². The maximum absolute atomic E-state index is 13.0. The van der Waals surface area contributed by atoms with Gasteiger partial charge < -0.3 is 14.2 Å². The first kappa shape index (κ1) is 23.2. The van der Waals surface area contributed by atoms with Gasteiger partial charge in [0, 0.05) is 24.6 Å². The summed E-state index contributed by atoms with van der Waals surface area (Å²) in [6.07, 6.45) is 3.93. The van der Waals surface area contributed by atoms with Gasteiger partial charge in [-0.05, 0) is 67.3 Å². The lowest BCUT2D eigenvalue weighted by Crippen LogP contribution is -2.24. The monoisotopic (exact) mass is 467 g/mol. The van der Waals surface area contributed by atoms with Crippen molar-refractivity contribution in [2.45, 2.75) is 52.0 Å². The minimum atomic E-state index is 0.0497. The van der Waals surface area contributed by atoms with Gasteiger partial charge in [0.05, 0.1) is 17.6 Å². The van der Waals surface area contributed by atoms with Crippen molar-refractivity contribution in [1.82, 2.24) is 9.55 Å². The van der Waals surface area contributed by atoms with Gasteiger partial charge in [0.1, 0.15) is 18.2 Å². The average molecular weight is 468 g/mol. The SMILES string of the molecule is CCCCc1ccc(N2CC(c3nc4ccccc4n3CCOc3cccc(C)c3)CC2=O)cc1. The zero-order valence-corrected chi connectivity index (χ0v) is 20.6. The first-order valence-corrected chi connectivity index (χ1v) is 12.7. The number of aromatic nitrogens is 2. The Labute approximate surface area is 207 Å². The predicted octanol–water partition coefficient (Wildman–Crippen LogP) is 6.29. The van der Waals surface area contributed by atoms with Crippen molar-refractivity contribution in [2.75, 3.05) is 18.1 Å². The molecule has 0 spiro atoms. The van der Waals surface area contributed by atoms with E-state index in [4.69, 9.17) is 9.72 Å². The van der Waals surface area contributed by atoms with E-state index in [2.05, 4.69) is 54.8 Å². The number of aryl methyl sites for hydroxylation is 2. The molecule has 1 saturated heterocycles. The van der Waals surface area contributed by atoms with Gasteiger partial charge in [-0.1, -0.05) is 49.7 Å². The van der Waals surface area contributed by atoms with E-state index < -0.39 is 0 Å². The minimum Gasteiger partial charge on any atom is -0.492 e. The zero-order valence-electron chi connectivity index (χ0n) is 20.6. The first-order valence-electron chi connectivity index (χ1n) is 12.7. The van der Waals surface area contributed by atoms with Gasteiger partial charge in [-0.3, -0.25) is 4.79 Å². The molecule has 0 N–H and O–H groups in total. The number of unbranched alkanes of at least 4 members (excludes halogenated alkanes) is 1. The Kier molecular flexibility index (Phi) is 6.84. The maximum Gasteiger partial charge on any atom is 0.227 e. The lowest BCUT2D eigenvalue weighted by Gasteiger charge is -2.18. The maximum atomic E-state index is 13.0. The number of para-hydroxylation sites is 2. The Bertz CT molecular complexity index is 1310. The lowest BCUT2D eigenvalue weighted by molar-refractivity contribution is -0.117. The van der Waals surface area contributed by atoms with Crippen LogP contribution in [0.4, 0.5) is 5.69 Å². The van der Waals surface area contributed by atoms with Crippen LogP contribution in [-0.4, -0.2) is 28.6 Å². The second-order valence-corrected chi connectivity index (χ2v) is 9.45. The highest BCUT2D eigenvalue weighted by Gasteiger charge is 2.34. The molecule has 1 fully saturated rings. The average Bonchev–Trinajstić information content (AvgIpc) is 3.44. The summed E-state index contributed by atoms with van der Waals surface area (Å²) >= 11 is 0. The van der Waals surface area contributed by atoms with Crippen molar-refractivity contribution < 1.29 is 9.53 Å². The number of rotatable bonds is 9. The molecule has 1 aromatic heterocycles. The molecule has 1 atom stereocenters. The molecule has 0 bridgehead atoms. The highest BCUT2D eigenvalue weighted by Crippen LogP contribution is 2.33. The van der Waals surface area contributed by atoms with Gasteiger partial charge in [-0.15, -0.1) is 0 Å². The Morgan fingerprint density at radius 2 is 1.86 bits per heavy atom. The van der Waals surface area contributed by atoms with Crippen LogP contribution < -0.4 is 9.64 Å². The molecule has 3 aromatic carbocycles. The van der Waals surface area contributed by atoms with Gasteiger partial charge in [0.15, 0.2) is 0 Å². The fraction of sp³-hybridized carbons (Fsp3) is 0.333. The van der Waals surface area contributed by atoms with Crippen LogP contribution in [-0.2, 0) is 17.8 Å². The topological polar surface area (TPSA) is 47.4 Å². The summed E-state index contributed by atoms with van der Waals surface area (Å²) in [7, 11) is 0. The van der Waals surface area contributed by atoms with Crippen LogP contribution in [0, 0.1) is 6.92 Å². The summed E-state index contributed by atoms with van der Waals surface area (Å²) in [5.74, 6) is 2.05. The Hall–Kier alpha value is -3.60. The molecule has 1 unspecified atom stereocenters. The van der Waals surface area contributed by atoms with Crippen molar-refractivity contribution in [3.8, 4) is 5.75 Å². The summed E-state index contributed by atoms with van der Waals surface area (Å²) in [6.45, 7) is 6.14. The van der Waals surface area contributed by atoms with Crippen molar-refractivity contribution in [3.05, 3.63) is 89.7 Å². The van der Waals surface area contributed by atoms with Crippen LogP contribution in [0.25, 0.3) is 11.0 Å². The standard InChI is InChI=1S/C30H33N3O2/c1-3-4-9-23-13-15-25(16-14-23)33-21-24(20-29(33)34)30-31-27-11-5-6-12-28(27)32(30)17-18-35-26-10-7-8-22(2)19-26/h5-8,10-16,19,24H,3-4,9,17-18,20-21H2,1-2H3. The molecule has 0 aliphatic carbocycles. The van der Waals surface area contributed by atoms with Crippen LogP contribution in [0.15, 0.2) is 72.8 Å². The number of benzene rings is 3. The van der Waals surface area contributed by atoms with E-state index >= 15 is 0 Å². The Balaban J connectivity index is 1.35. The molecule has 5 rings (SSSR count). The molecular weight excluding hydrogens is 434 g/mol. The molecule has 1 aliphatic rings. The van der Waals surface area contributed by atoms with Crippen molar-refractivity contribution in [2.24, 2.45) is 0 Å². The van der Waals surface area contributed by atoms with Gasteiger partial charge >= 0.3 is 0 Å². The normalized spacial score (nSPS) is 15.8. The van der Waals surface area contributed by atoms with E-state index in [1.807, 2.05) is 41.3 Å². The minimum absolute atomic E-state index is 0.0497. The van der Waals surface area contributed by atoms with Gasteiger partial charge in [-0.2, -0.15) is 0 Å². The summed E-state index contributed by atoms with van der Waals surface area (Å²) in [5.41, 5.74) is 5.53. The number of imidazole rings is 1. The fourth-order valence-electron chi connectivity index (χ4n) is 4.95. The smallest absolute Gasteiger partial charge is 0.227 e. The number of carbonyl (C=O) groups is 1. The molecule has 2 heterocycles. The number of nitrogens with zero attached hydrogens (tertiary/aromatic N) is 3. The van der Waals surface area contributed by atoms with Crippen LogP contribution in [0.2, 0.25) is 0 Å². The van der Waals surface area contributed by atoms with Crippen molar-refractivity contribution >= 4 is 22.6 Å². The van der Waals surface area contributed by atoms with Gasteiger partial charge in [0.25, 0.3) is 0 Å². The molecule has 0 saturated carbocycles. The van der Waals surface area contributed by atoms with E-state index in [1.165, 1.54) is 24.0 Å². The van der Waals surface area contributed by atoms with Gasteiger partial charge in [-0.25, -0.2) is 4.98 Å². The Morgan fingerprint density at radius 3 is 2.66 bits per heavy atom. The number of hydrogen-bond donors (Lipinski definition) is 0. The van der Waals surface area contributed by atoms with E-state index in [1.54, 1.807) is 0 Å². The number of fused-ring (bicyclic) bond motifs is 1. The summed E-state index contributed by atoms with van der Waals surface area (Å²) < 4.78 is 8.29. The highest BCUT2D eigenvalue weighted by atomic mass is 16.5. The quantitative estimate of drug-likeness (QED) is 0.291. The largest absolute Gasteiger partial charge is 0.492 e. The molecule has 35 heavy (non-hydrogen) atoms. The molecule has 180 valence electrons. The van der Waals surface area contributed by atoms with Crippen LogP contribution in [0.3, 0.4) is 0 Å². The third-order valence-corrected chi connectivity index (χ3v) is 6.81. The van der Waals surface area contributed by atoms with Gasteiger partial charge in [0.2, 0.25) is 5.91 Å². The molecule has 4 aromatic rings. The number of amides is 1. The third kappa shape index (κ3) is 5.09. The van der Waals surface area contributed by atoms with Crippen LogP contribution in [0.5, 0.6) is 5.75 Å². The highest BCUT2D eigenvalue weighted by molar-refractivity contribution is 5.96. The van der Waals surface area contributed by atoms with Crippen molar-refractivity contribution in [1.29, 1.82) is 0 Å². The van der Waals surface area contributed by atoms with E-state index in [9.17, 15) is 4.79 Å². The van der Waals surface area contributed by atoms with Crippen LogP contribution in [0.1, 0.15) is 49.1 Å². The second kappa shape index (κ2) is 10.3. The third-order valence-electron chi connectivity index (χ3n) is 6.81. The number of anilines is 1. The number of ether oxygens (including phenoxy) is 1. The molecule has 5 nitrogen and oxygen atoms in total. The summed E-state index contributed by atoms with van der Waals surface area (Å²) in [5, 5.41) is 0. The number of carbonyl (C=O) groups excluding carboxylic acids is 1. The number of hydrogen-bond acceptors (Lipinski definition) is 3. The molecule has 1 amide bonds. The Morgan fingerprint density at radius 1 is 1.03 bits per heavy atom. The summed E-state index contributed by atoms with van der Waals surface area (Å²) in [6, 6.07) is 24.8. The summed E-state index contributed by atoms with van der Waals surface area (Å²) in [4.78, 5) is 19.9. The van der Waals surface area contributed by atoms with E-state index in [-0.39, 0.29) is 11.8 Å². The second-order valence-electron chi connectivity index (χ2n) is 9.45. The van der Waals surface area contributed by atoms with Crippen molar-refractivity contribution in [3.63, 3.8) is 0 Å². The van der Waals surface area contributed by atoms with Crippen LogP contribution >= 0.6 is 0 Å². The zero-order chi connectivity index (χ0) is 24.2. The molecule has 0 radical (unpaired) electrons. The predicted molar refractivity (Wildman–Crippen MR) is 141 cm³/mol. The first-order chi connectivity index (χ1) is 17.1. The molecular formula is C30H33N3O2. The fourth-order valence-corrected chi connectivity index (χ4v) is 4.95.